The Hall–Kier alpha value is -2.49. The fraction of sp³-hybridized carbons (Fsp3) is 0.435. The first-order valence-corrected chi connectivity index (χ1v) is 9.56. The van der Waals surface area contributed by atoms with Crippen LogP contribution in [0.4, 0.5) is 0 Å². The van der Waals surface area contributed by atoms with Gasteiger partial charge in [-0.05, 0) is 71.8 Å². The van der Waals surface area contributed by atoms with E-state index in [9.17, 15) is 20.1 Å². The van der Waals surface area contributed by atoms with Gasteiger partial charge in [-0.1, -0.05) is 39.0 Å². The van der Waals surface area contributed by atoms with Crippen LogP contribution in [0.2, 0.25) is 0 Å². The summed E-state index contributed by atoms with van der Waals surface area (Å²) in [5.41, 5.74) is 3.33. The van der Waals surface area contributed by atoms with Crippen LogP contribution in [0, 0.1) is 0 Å². The molecule has 1 aliphatic carbocycles. The highest BCUT2D eigenvalue weighted by Crippen LogP contribution is 2.44. The second-order valence-corrected chi connectivity index (χ2v) is 8.65. The van der Waals surface area contributed by atoms with Gasteiger partial charge in [0.15, 0.2) is 0 Å². The highest BCUT2D eigenvalue weighted by atomic mass is 16.4. The summed E-state index contributed by atoms with van der Waals surface area (Å²) < 4.78 is 0. The Morgan fingerprint density at radius 2 is 1.48 bits per heavy atom. The molecule has 0 saturated heterocycles. The molecule has 1 fully saturated rings. The lowest BCUT2D eigenvalue weighted by Crippen LogP contribution is -2.18. The second-order valence-electron chi connectivity index (χ2n) is 8.65. The zero-order valence-corrected chi connectivity index (χ0v) is 16.2. The van der Waals surface area contributed by atoms with Crippen molar-refractivity contribution in [1.29, 1.82) is 0 Å². The highest BCUT2D eigenvalue weighted by molar-refractivity contribution is 5.89. The van der Waals surface area contributed by atoms with Crippen LogP contribution in [-0.4, -0.2) is 21.3 Å². The van der Waals surface area contributed by atoms with E-state index in [1.807, 2.05) is 6.07 Å². The monoisotopic (exact) mass is 368 g/mol. The van der Waals surface area contributed by atoms with Crippen LogP contribution in [0.5, 0.6) is 11.5 Å². The molecule has 2 aromatic carbocycles. The van der Waals surface area contributed by atoms with Gasteiger partial charge in [-0.15, -0.1) is 0 Å². The quantitative estimate of drug-likeness (QED) is 0.665. The molecule has 1 saturated carbocycles. The maximum Gasteiger partial charge on any atom is 0.335 e. The van der Waals surface area contributed by atoms with Gasteiger partial charge in [0.1, 0.15) is 11.5 Å². The van der Waals surface area contributed by atoms with Gasteiger partial charge >= 0.3 is 5.97 Å². The molecule has 0 atom stereocenters. The van der Waals surface area contributed by atoms with Crippen LogP contribution in [0.25, 0.3) is 0 Å². The predicted octanol–water partition coefficient (Wildman–Crippen LogP) is 5.53. The minimum atomic E-state index is -0.872. The summed E-state index contributed by atoms with van der Waals surface area (Å²) in [5.74, 6) is -0.215. The zero-order valence-electron chi connectivity index (χ0n) is 16.2. The third kappa shape index (κ3) is 4.10. The molecular formula is C23H28O4. The van der Waals surface area contributed by atoms with E-state index in [0.29, 0.717) is 5.56 Å². The average molecular weight is 368 g/mol. The van der Waals surface area contributed by atoms with E-state index in [-0.39, 0.29) is 28.7 Å². The predicted molar refractivity (Wildman–Crippen MR) is 106 cm³/mol. The lowest BCUT2D eigenvalue weighted by atomic mass is 9.73. The summed E-state index contributed by atoms with van der Waals surface area (Å²) in [5, 5.41) is 29.2. The Kier molecular flexibility index (Phi) is 5.18. The Balaban J connectivity index is 1.84. The van der Waals surface area contributed by atoms with Crippen molar-refractivity contribution in [3.8, 4) is 11.5 Å². The molecule has 3 rings (SSSR count). The minimum absolute atomic E-state index is 0.0270. The smallest absolute Gasteiger partial charge is 0.335 e. The number of aromatic carboxylic acids is 1. The molecule has 1 aliphatic rings. The van der Waals surface area contributed by atoms with Crippen molar-refractivity contribution in [2.45, 2.75) is 63.7 Å². The summed E-state index contributed by atoms with van der Waals surface area (Å²) in [6.07, 6.45) is 3.56. The number of phenols is 2. The van der Waals surface area contributed by atoms with Gasteiger partial charge in [0, 0.05) is 6.07 Å². The summed E-state index contributed by atoms with van der Waals surface area (Å²) in [6.45, 7) is 6.41. The van der Waals surface area contributed by atoms with Crippen molar-refractivity contribution in [3.63, 3.8) is 0 Å². The standard InChI is InChI=1S/C23H28O4/c1-23(2,3)16-8-10-19(22(26)27)20(12-16)15-6-4-14(5-7-15)18-11-9-17(24)13-21(18)25/h8-15,24-25H,4-7H2,1-3H3,(H,26,27). The fourth-order valence-electron chi connectivity index (χ4n) is 4.15. The van der Waals surface area contributed by atoms with Crippen molar-refractivity contribution in [2.24, 2.45) is 0 Å². The number of rotatable bonds is 3. The molecule has 0 radical (unpaired) electrons. The second kappa shape index (κ2) is 7.26. The molecule has 0 heterocycles. The van der Waals surface area contributed by atoms with Gasteiger partial charge in [-0.2, -0.15) is 0 Å². The van der Waals surface area contributed by atoms with E-state index in [4.69, 9.17) is 0 Å². The third-order valence-electron chi connectivity index (χ3n) is 5.77. The van der Waals surface area contributed by atoms with Gasteiger partial charge in [-0.3, -0.25) is 0 Å². The number of aromatic hydroxyl groups is 2. The molecule has 0 bridgehead atoms. The number of carboxylic acid groups (broad SMARTS) is 1. The minimum Gasteiger partial charge on any atom is -0.508 e. The highest BCUT2D eigenvalue weighted by Gasteiger charge is 2.28. The van der Waals surface area contributed by atoms with Crippen LogP contribution < -0.4 is 0 Å². The normalized spacial score (nSPS) is 20.4. The summed E-state index contributed by atoms with van der Waals surface area (Å²) in [7, 11) is 0. The number of carboxylic acids is 1. The number of hydrogen-bond donors (Lipinski definition) is 3. The van der Waals surface area contributed by atoms with Gasteiger partial charge in [-0.25, -0.2) is 4.79 Å². The van der Waals surface area contributed by atoms with Crippen molar-refractivity contribution in [2.75, 3.05) is 0 Å². The van der Waals surface area contributed by atoms with Gasteiger partial charge in [0.25, 0.3) is 0 Å². The van der Waals surface area contributed by atoms with Gasteiger partial charge < -0.3 is 15.3 Å². The summed E-state index contributed by atoms with van der Waals surface area (Å²) in [4.78, 5) is 11.7. The van der Waals surface area contributed by atoms with Crippen molar-refractivity contribution in [1.82, 2.24) is 0 Å². The molecule has 0 aromatic heterocycles. The average Bonchev–Trinajstić information content (AvgIpc) is 2.60. The SMILES string of the molecule is CC(C)(C)c1ccc(C(=O)O)c(C2CCC(c3ccc(O)cc3O)CC2)c1. The number of benzene rings is 2. The van der Waals surface area contributed by atoms with Crippen LogP contribution in [0.3, 0.4) is 0 Å². The van der Waals surface area contributed by atoms with E-state index in [2.05, 4.69) is 26.8 Å². The van der Waals surface area contributed by atoms with Crippen LogP contribution in [0.15, 0.2) is 36.4 Å². The van der Waals surface area contributed by atoms with Gasteiger partial charge in [0.2, 0.25) is 0 Å². The largest absolute Gasteiger partial charge is 0.508 e. The Bertz CT molecular complexity index is 840. The maximum absolute atomic E-state index is 11.7. The summed E-state index contributed by atoms with van der Waals surface area (Å²) >= 11 is 0. The number of phenolic OH excluding ortho intramolecular Hbond substituents is 2. The molecule has 0 aliphatic heterocycles. The number of hydrogen-bond acceptors (Lipinski definition) is 3. The molecule has 144 valence electrons. The van der Waals surface area contributed by atoms with E-state index < -0.39 is 5.97 Å². The third-order valence-corrected chi connectivity index (χ3v) is 5.77. The van der Waals surface area contributed by atoms with Crippen molar-refractivity contribution >= 4 is 5.97 Å². The molecule has 3 N–H and O–H groups in total. The molecule has 0 spiro atoms. The first kappa shape index (κ1) is 19.3. The summed E-state index contributed by atoms with van der Waals surface area (Å²) in [6, 6.07) is 10.5. The lowest BCUT2D eigenvalue weighted by molar-refractivity contribution is 0.0694. The first-order valence-electron chi connectivity index (χ1n) is 9.56. The van der Waals surface area contributed by atoms with Crippen LogP contribution in [0.1, 0.15) is 85.3 Å². The van der Waals surface area contributed by atoms with Crippen molar-refractivity contribution < 1.29 is 20.1 Å². The fourth-order valence-corrected chi connectivity index (χ4v) is 4.15. The van der Waals surface area contributed by atoms with Gasteiger partial charge in [0.05, 0.1) is 5.56 Å². The van der Waals surface area contributed by atoms with E-state index in [0.717, 1.165) is 42.4 Å². The Labute approximate surface area is 160 Å². The molecule has 4 nitrogen and oxygen atoms in total. The zero-order chi connectivity index (χ0) is 19.8. The lowest BCUT2D eigenvalue weighted by Gasteiger charge is -2.31. The molecule has 2 aromatic rings. The molecule has 0 amide bonds. The topological polar surface area (TPSA) is 77.8 Å². The van der Waals surface area contributed by atoms with Crippen LogP contribution in [-0.2, 0) is 5.41 Å². The van der Waals surface area contributed by atoms with E-state index in [1.54, 1.807) is 18.2 Å². The molecule has 4 heteroatoms. The Morgan fingerprint density at radius 1 is 0.889 bits per heavy atom. The molecule has 0 unspecified atom stereocenters. The Morgan fingerprint density at radius 3 is 2.00 bits per heavy atom. The maximum atomic E-state index is 11.7. The van der Waals surface area contributed by atoms with E-state index >= 15 is 0 Å². The van der Waals surface area contributed by atoms with Crippen molar-refractivity contribution in [3.05, 3.63) is 58.7 Å². The first-order chi connectivity index (χ1) is 12.7. The van der Waals surface area contributed by atoms with E-state index in [1.165, 1.54) is 6.07 Å². The van der Waals surface area contributed by atoms with Crippen LogP contribution >= 0.6 is 0 Å². The molecule has 27 heavy (non-hydrogen) atoms. The number of carbonyl (C=O) groups is 1. The molecular weight excluding hydrogens is 340 g/mol.